The van der Waals surface area contributed by atoms with Crippen LogP contribution in [0.4, 0.5) is 5.69 Å². The summed E-state index contributed by atoms with van der Waals surface area (Å²) in [6.07, 6.45) is 0.367. The average molecular weight is 559 g/mol. The number of fused-ring (bicyclic) bond motifs is 1. The molecule has 1 amide bonds. The zero-order valence-corrected chi connectivity index (χ0v) is 23.4. The van der Waals surface area contributed by atoms with Crippen molar-refractivity contribution in [3.8, 4) is 5.75 Å². The van der Waals surface area contributed by atoms with Crippen LogP contribution in [-0.4, -0.2) is 87.4 Å². The second-order valence-electron chi connectivity index (χ2n) is 9.51. The van der Waals surface area contributed by atoms with Crippen molar-refractivity contribution < 1.29 is 36.0 Å². The number of rotatable bonds is 8. The number of aromatic nitrogens is 1. The lowest BCUT2D eigenvalue weighted by molar-refractivity contribution is -0.134. The molecule has 0 aliphatic carbocycles. The van der Waals surface area contributed by atoms with Gasteiger partial charge in [0, 0.05) is 30.8 Å². The fourth-order valence-corrected chi connectivity index (χ4v) is 5.96. The van der Waals surface area contributed by atoms with Crippen molar-refractivity contribution in [2.45, 2.75) is 51.2 Å². The summed E-state index contributed by atoms with van der Waals surface area (Å²) in [6, 6.07) is 4.09. The first-order valence-electron chi connectivity index (χ1n) is 11.7. The first kappa shape index (κ1) is 28.9. The summed E-state index contributed by atoms with van der Waals surface area (Å²) in [7, 11) is -6.07. The van der Waals surface area contributed by atoms with Crippen LogP contribution in [0.2, 0.25) is 0 Å². The van der Waals surface area contributed by atoms with Gasteiger partial charge in [0.05, 0.1) is 31.9 Å². The number of likely N-dealkylation sites (N-methyl/N-ethyl adjacent to an activating group) is 1. The van der Waals surface area contributed by atoms with Gasteiger partial charge < -0.3 is 19.3 Å². The molecule has 0 spiro atoms. The average Bonchev–Trinajstić information content (AvgIpc) is 3.16. The maximum atomic E-state index is 13.3. The van der Waals surface area contributed by atoms with Crippen molar-refractivity contribution in [3.63, 3.8) is 0 Å². The Morgan fingerprint density at radius 1 is 1.27 bits per heavy atom. The number of ether oxygens (including phenoxy) is 1. The van der Waals surface area contributed by atoms with Gasteiger partial charge in [-0.3, -0.25) is 9.52 Å². The number of sulfonamides is 2. The van der Waals surface area contributed by atoms with Crippen LogP contribution in [0.25, 0.3) is 0 Å². The summed E-state index contributed by atoms with van der Waals surface area (Å²) in [5, 5.41) is 13.4. The number of aryl methyl sites for hydroxylation is 2. The van der Waals surface area contributed by atoms with Gasteiger partial charge in [0.2, 0.25) is 15.9 Å². The Kier molecular flexibility index (Phi) is 8.57. The maximum Gasteiger partial charge on any atom is 0.267 e. The van der Waals surface area contributed by atoms with E-state index in [-0.39, 0.29) is 60.0 Å². The summed E-state index contributed by atoms with van der Waals surface area (Å²) >= 11 is 0. The number of amides is 1. The molecule has 3 rings (SSSR count). The monoisotopic (exact) mass is 558 g/mol. The smallest absolute Gasteiger partial charge is 0.267 e. The number of carbonyl (C=O) groups excluding carboxylic acids is 1. The molecular weight excluding hydrogens is 524 g/mol. The number of anilines is 1. The highest BCUT2D eigenvalue weighted by Crippen LogP contribution is 2.31. The molecule has 0 saturated heterocycles. The van der Waals surface area contributed by atoms with Gasteiger partial charge in [-0.25, -0.2) is 21.1 Å². The third kappa shape index (κ3) is 6.61. The highest BCUT2D eigenvalue weighted by atomic mass is 32.2. The third-order valence-corrected chi connectivity index (χ3v) is 9.31. The van der Waals surface area contributed by atoms with Crippen molar-refractivity contribution in [1.82, 2.24) is 14.4 Å². The van der Waals surface area contributed by atoms with Crippen molar-refractivity contribution in [2.75, 3.05) is 37.7 Å². The first-order chi connectivity index (χ1) is 17.1. The second kappa shape index (κ2) is 11.0. The molecule has 2 aromatic rings. The third-order valence-electron chi connectivity index (χ3n) is 6.41. The predicted molar refractivity (Wildman–Crippen MR) is 136 cm³/mol. The minimum atomic E-state index is -4.02. The number of nitrogens with one attached hydrogen (secondary N) is 1. The van der Waals surface area contributed by atoms with Gasteiger partial charge in [0.25, 0.3) is 10.0 Å². The number of benzene rings is 1. The van der Waals surface area contributed by atoms with E-state index in [9.17, 15) is 26.7 Å². The molecule has 0 saturated carbocycles. The number of aliphatic hydroxyl groups is 1. The molecule has 0 radical (unpaired) electrons. The van der Waals surface area contributed by atoms with E-state index in [2.05, 4.69) is 9.88 Å². The molecule has 14 heteroatoms. The number of hydrogen-bond acceptors (Lipinski definition) is 9. The van der Waals surface area contributed by atoms with Gasteiger partial charge >= 0.3 is 0 Å². The summed E-state index contributed by atoms with van der Waals surface area (Å²) in [6.45, 7) is 6.61. The predicted octanol–water partition coefficient (Wildman–Crippen LogP) is 1.13. The minimum Gasteiger partial charge on any atom is -0.488 e. The Hall–Kier alpha value is -2.68. The molecule has 3 atom stereocenters. The van der Waals surface area contributed by atoms with Gasteiger partial charge in [-0.05, 0) is 39.0 Å². The molecule has 0 fully saturated rings. The number of aliphatic hydroxyl groups excluding tert-OH is 1. The number of carbonyl (C=O) groups is 1. The van der Waals surface area contributed by atoms with Gasteiger partial charge in [-0.2, -0.15) is 0 Å². The van der Waals surface area contributed by atoms with Gasteiger partial charge in [0.1, 0.15) is 17.5 Å². The summed E-state index contributed by atoms with van der Waals surface area (Å²) in [4.78, 5) is 14.8. The van der Waals surface area contributed by atoms with E-state index < -0.39 is 32.2 Å². The van der Waals surface area contributed by atoms with Crippen LogP contribution >= 0.6 is 0 Å². The van der Waals surface area contributed by atoms with E-state index in [4.69, 9.17) is 9.26 Å². The molecule has 206 valence electrons. The molecule has 2 heterocycles. The van der Waals surface area contributed by atoms with E-state index in [0.29, 0.717) is 11.3 Å². The van der Waals surface area contributed by atoms with Crippen LogP contribution in [-0.2, 0) is 31.3 Å². The fraction of sp³-hybridized carbons (Fsp3) is 0.565. The molecule has 1 aliphatic heterocycles. The van der Waals surface area contributed by atoms with Crippen LogP contribution in [0.3, 0.4) is 0 Å². The van der Waals surface area contributed by atoms with E-state index in [1.54, 1.807) is 13.0 Å². The van der Waals surface area contributed by atoms with Crippen molar-refractivity contribution in [1.29, 1.82) is 0 Å². The highest BCUT2D eigenvalue weighted by molar-refractivity contribution is 7.92. The summed E-state index contributed by atoms with van der Waals surface area (Å²) < 4.78 is 65.0. The fourth-order valence-electron chi connectivity index (χ4n) is 4.16. The standard InChI is InChI=1S/C23H34N4O8S2/c1-14-11-27(15(2)13-28)22(29)10-18-9-19(25-37(32,33)23-16(3)24-35-17(23)4)7-8-20(18)34-21(14)12-26(5)36(6,30)31/h7-9,14-15,21,25,28H,10-13H2,1-6H3/t14-,15-,21-/m1/s1. The van der Waals surface area contributed by atoms with Crippen LogP contribution in [0.15, 0.2) is 27.6 Å². The maximum absolute atomic E-state index is 13.3. The molecule has 0 bridgehead atoms. The number of nitrogens with zero attached hydrogens (tertiary/aromatic N) is 3. The van der Waals surface area contributed by atoms with Crippen molar-refractivity contribution in [2.24, 2.45) is 5.92 Å². The zero-order chi connectivity index (χ0) is 27.7. The topological polar surface area (TPSA) is 159 Å². The molecule has 1 aromatic carbocycles. The molecule has 2 N–H and O–H groups in total. The Morgan fingerprint density at radius 2 is 1.95 bits per heavy atom. The van der Waals surface area contributed by atoms with Gasteiger partial charge in [-0.15, -0.1) is 0 Å². The zero-order valence-electron chi connectivity index (χ0n) is 21.8. The summed E-state index contributed by atoms with van der Waals surface area (Å²) in [5.41, 5.74) is 0.834. The Bertz CT molecular complexity index is 1340. The lowest BCUT2D eigenvalue weighted by atomic mass is 10.0. The van der Waals surface area contributed by atoms with Crippen LogP contribution in [0, 0.1) is 19.8 Å². The molecular formula is C23H34N4O8S2. The van der Waals surface area contributed by atoms with Crippen LogP contribution < -0.4 is 9.46 Å². The lowest BCUT2D eigenvalue weighted by Gasteiger charge is -2.33. The largest absolute Gasteiger partial charge is 0.488 e. The van der Waals surface area contributed by atoms with E-state index in [1.165, 1.54) is 42.2 Å². The van der Waals surface area contributed by atoms with Crippen molar-refractivity contribution >= 4 is 31.6 Å². The van der Waals surface area contributed by atoms with Crippen molar-refractivity contribution in [3.05, 3.63) is 35.2 Å². The Morgan fingerprint density at radius 3 is 2.51 bits per heavy atom. The molecule has 37 heavy (non-hydrogen) atoms. The first-order valence-corrected chi connectivity index (χ1v) is 15.0. The van der Waals surface area contributed by atoms with Gasteiger partial charge in [-0.1, -0.05) is 12.1 Å². The van der Waals surface area contributed by atoms with Gasteiger partial charge in [0.15, 0.2) is 10.7 Å². The Balaban J connectivity index is 2.02. The normalized spacial score (nSPS) is 20.0. The Labute approximate surface area is 217 Å². The highest BCUT2D eigenvalue weighted by Gasteiger charge is 2.32. The minimum absolute atomic E-state index is 0.0371. The summed E-state index contributed by atoms with van der Waals surface area (Å²) in [5.74, 6) is -0.0792. The quantitative estimate of drug-likeness (QED) is 0.484. The van der Waals surface area contributed by atoms with E-state index in [0.717, 1.165) is 6.26 Å². The second-order valence-corrected chi connectivity index (χ2v) is 13.2. The molecule has 0 unspecified atom stereocenters. The van der Waals surface area contributed by atoms with E-state index in [1.807, 2.05) is 6.92 Å². The van der Waals surface area contributed by atoms with Crippen LogP contribution in [0.5, 0.6) is 5.75 Å². The molecule has 1 aromatic heterocycles. The van der Waals surface area contributed by atoms with E-state index >= 15 is 0 Å². The van der Waals surface area contributed by atoms with Crippen LogP contribution in [0.1, 0.15) is 30.9 Å². The lowest BCUT2D eigenvalue weighted by Crippen LogP contribution is -2.48. The number of hydrogen-bond donors (Lipinski definition) is 2. The molecule has 12 nitrogen and oxygen atoms in total. The SMILES string of the molecule is Cc1noc(C)c1S(=O)(=O)Nc1ccc2c(c1)CC(=O)N([C@H](C)CO)C[C@@H](C)[C@@H](CN(C)S(C)(=O)=O)O2. The molecule has 1 aliphatic rings.